The van der Waals surface area contributed by atoms with Gasteiger partial charge in [0.25, 0.3) is 0 Å². The van der Waals surface area contributed by atoms with E-state index in [1.807, 2.05) is 0 Å². The maximum atomic E-state index is 11.9. The molecule has 0 fully saturated rings. The van der Waals surface area contributed by atoms with Crippen LogP contribution >= 0.6 is 0 Å². The van der Waals surface area contributed by atoms with E-state index in [9.17, 15) is 14.4 Å². The van der Waals surface area contributed by atoms with Gasteiger partial charge in [-0.1, -0.05) is 6.92 Å². The van der Waals surface area contributed by atoms with E-state index in [-0.39, 0.29) is 12.2 Å². The fourth-order valence-corrected chi connectivity index (χ4v) is 1.50. The number of carboxylic acids is 2. The zero-order chi connectivity index (χ0) is 14.4. The molecule has 102 valence electrons. The molecule has 1 aromatic rings. The van der Waals surface area contributed by atoms with E-state index < -0.39 is 24.5 Å². The van der Waals surface area contributed by atoms with Gasteiger partial charge in [-0.2, -0.15) is 0 Å². The number of hydrogen-bond donors (Lipinski definition) is 2. The van der Waals surface area contributed by atoms with Crippen LogP contribution < -0.4 is 4.74 Å². The van der Waals surface area contributed by atoms with Gasteiger partial charge >= 0.3 is 11.9 Å². The monoisotopic (exact) mass is 266 g/mol. The van der Waals surface area contributed by atoms with Gasteiger partial charge in [-0.3, -0.25) is 9.59 Å². The molecule has 1 rings (SSSR count). The average Bonchev–Trinajstić information content (AvgIpc) is 2.35. The highest BCUT2D eigenvalue weighted by Gasteiger charge is 2.18. The molecule has 0 radical (unpaired) electrons. The van der Waals surface area contributed by atoms with Crippen LogP contribution in [0.15, 0.2) is 24.3 Å². The Bertz CT molecular complexity index is 476. The topological polar surface area (TPSA) is 101 Å². The summed E-state index contributed by atoms with van der Waals surface area (Å²) in [4.78, 5) is 32.7. The van der Waals surface area contributed by atoms with Gasteiger partial charge in [-0.15, -0.1) is 0 Å². The first kappa shape index (κ1) is 14.7. The Morgan fingerprint density at radius 2 is 1.68 bits per heavy atom. The zero-order valence-electron chi connectivity index (χ0n) is 10.3. The maximum Gasteiger partial charge on any atom is 0.341 e. The van der Waals surface area contributed by atoms with Crippen molar-refractivity contribution in [3.63, 3.8) is 0 Å². The minimum Gasteiger partial charge on any atom is -0.482 e. The number of benzene rings is 1. The van der Waals surface area contributed by atoms with Crippen molar-refractivity contribution in [2.75, 3.05) is 6.61 Å². The molecule has 6 nitrogen and oxygen atoms in total. The van der Waals surface area contributed by atoms with Crippen LogP contribution in [-0.4, -0.2) is 34.5 Å². The van der Waals surface area contributed by atoms with Crippen LogP contribution in [0, 0.1) is 5.92 Å². The Morgan fingerprint density at radius 3 is 2.16 bits per heavy atom. The quantitative estimate of drug-likeness (QED) is 0.724. The lowest BCUT2D eigenvalue weighted by atomic mass is 9.96. The van der Waals surface area contributed by atoms with Crippen LogP contribution in [0.1, 0.15) is 23.7 Å². The Kier molecular flexibility index (Phi) is 5.05. The molecule has 0 aliphatic carbocycles. The Morgan fingerprint density at radius 1 is 1.11 bits per heavy atom. The van der Waals surface area contributed by atoms with Gasteiger partial charge in [0.2, 0.25) is 0 Å². The molecule has 0 saturated heterocycles. The molecule has 1 unspecified atom stereocenters. The highest BCUT2D eigenvalue weighted by molar-refractivity contribution is 5.99. The van der Waals surface area contributed by atoms with Gasteiger partial charge in [0.05, 0.1) is 6.42 Å². The SMILES string of the molecule is CC(CC(=O)O)C(=O)c1ccc(OCC(=O)O)cc1. The van der Waals surface area contributed by atoms with Crippen LogP contribution in [0.5, 0.6) is 5.75 Å². The maximum absolute atomic E-state index is 11.9. The lowest BCUT2D eigenvalue weighted by molar-refractivity contribution is -0.139. The molecule has 1 aromatic carbocycles. The summed E-state index contributed by atoms with van der Waals surface area (Å²) in [5.41, 5.74) is 0.372. The Hall–Kier alpha value is -2.37. The molecular formula is C13H14O6. The van der Waals surface area contributed by atoms with Crippen molar-refractivity contribution in [3.8, 4) is 5.75 Å². The summed E-state index contributed by atoms with van der Waals surface area (Å²) in [6.07, 6.45) is -0.226. The summed E-state index contributed by atoms with van der Waals surface area (Å²) in [5.74, 6) is -2.65. The predicted octanol–water partition coefficient (Wildman–Crippen LogP) is 1.44. The molecule has 0 bridgehead atoms. The van der Waals surface area contributed by atoms with Gasteiger partial charge in [0, 0.05) is 11.5 Å². The van der Waals surface area contributed by atoms with E-state index in [4.69, 9.17) is 14.9 Å². The number of hydrogen-bond acceptors (Lipinski definition) is 4. The largest absolute Gasteiger partial charge is 0.482 e. The minimum atomic E-state index is -1.09. The van der Waals surface area contributed by atoms with Crippen molar-refractivity contribution in [3.05, 3.63) is 29.8 Å². The lowest BCUT2D eigenvalue weighted by Gasteiger charge is -2.08. The number of carbonyl (C=O) groups is 3. The van der Waals surface area contributed by atoms with Crippen LogP contribution in [0.4, 0.5) is 0 Å². The number of ether oxygens (including phenoxy) is 1. The van der Waals surface area contributed by atoms with E-state index >= 15 is 0 Å². The average molecular weight is 266 g/mol. The van der Waals surface area contributed by atoms with E-state index in [2.05, 4.69) is 0 Å². The fourth-order valence-electron chi connectivity index (χ4n) is 1.50. The van der Waals surface area contributed by atoms with E-state index in [0.29, 0.717) is 11.3 Å². The summed E-state index contributed by atoms with van der Waals surface area (Å²) in [7, 11) is 0. The lowest BCUT2D eigenvalue weighted by Crippen LogP contribution is -2.15. The molecule has 6 heteroatoms. The first-order valence-electron chi connectivity index (χ1n) is 5.61. The molecule has 19 heavy (non-hydrogen) atoms. The molecular weight excluding hydrogens is 252 g/mol. The smallest absolute Gasteiger partial charge is 0.341 e. The van der Waals surface area contributed by atoms with Crippen LogP contribution in [0.25, 0.3) is 0 Å². The molecule has 0 heterocycles. The molecule has 0 saturated carbocycles. The van der Waals surface area contributed by atoms with Crippen molar-refractivity contribution in [2.45, 2.75) is 13.3 Å². The Labute approximate surface area is 109 Å². The van der Waals surface area contributed by atoms with Crippen molar-refractivity contribution in [2.24, 2.45) is 5.92 Å². The number of rotatable bonds is 7. The third-order valence-corrected chi connectivity index (χ3v) is 2.43. The summed E-state index contributed by atoms with van der Waals surface area (Å²) in [6, 6.07) is 5.92. The second-order valence-corrected chi connectivity index (χ2v) is 4.07. The minimum absolute atomic E-state index is 0.226. The molecule has 0 amide bonds. The second kappa shape index (κ2) is 6.53. The van der Waals surface area contributed by atoms with Gasteiger partial charge in [-0.05, 0) is 24.3 Å². The number of Topliss-reactive ketones (excluding diaryl/α,β-unsaturated/α-hetero) is 1. The molecule has 2 N–H and O–H groups in total. The normalized spacial score (nSPS) is 11.6. The molecule has 0 aromatic heterocycles. The van der Waals surface area contributed by atoms with E-state index in [0.717, 1.165) is 0 Å². The van der Waals surface area contributed by atoms with Gasteiger partial charge in [-0.25, -0.2) is 4.79 Å². The van der Waals surface area contributed by atoms with Gasteiger partial charge < -0.3 is 14.9 Å². The third-order valence-electron chi connectivity index (χ3n) is 2.43. The summed E-state index contributed by atoms with van der Waals surface area (Å²) < 4.78 is 4.92. The number of ketones is 1. The highest BCUT2D eigenvalue weighted by Crippen LogP contribution is 2.16. The van der Waals surface area contributed by atoms with Crippen molar-refractivity contribution in [1.82, 2.24) is 0 Å². The van der Waals surface area contributed by atoms with Crippen molar-refractivity contribution in [1.29, 1.82) is 0 Å². The van der Waals surface area contributed by atoms with E-state index in [1.54, 1.807) is 6.92 Å². The van der Waals surface area contributed by atoms with Crippen LogP contribution in [0.3, 0.4) is 0 Å². The molecule has 0 aliphatic heterocycles. The first-order chi connectivity index (χ1) is 8.90. The van der Waals surface area contributed by atoms with Crippen molar-refractivity contribution >= 4 is 17.7 Å². The highest BCUT2D eigenvalue weighted by atomic mass is 16.5. The van der Waals surface area contributed by atoms with Crippen LogP contribution in [-0.2, 0) is 9.59 Å². The second-order valence-electron chi connectivity index (χ2n) is 4.07. The fraction of sp³-hybridized carbons (Fsp3) is 0.308. The van der Waals surface area contributed by atoms with Gasteiger partial charge in [0.1, 0.15) is 5.75 Å². The molecule has 0 aliphatic rings. The molecule has 0 spiro atoms. The summed E-state index contributed by atoms with van der Waals surface area (Å²) >= 11 is 0. The third kappa shape index (κ3) is 4.79. The van der Waals surface area contributed by atoms with Crippen LogP contribution in [0.2, 0.25) is 0 Å². The van der Waals surface area contributed by atoms with Gasteiger partial charge in [0.15, 0.2) is 12.4 Å². The predicted molar refractivity (Wildman–Crippen MR) is 65.3 cm³/mol. The Balaban J connectivity index is 2.67. The number of carboxylic acid groups (broad SMARTS) is 2. The standard InChI is InChI=1S/C13H14O6/c1-8(6-11(14)15)13(18)9-2-4-10(5-3-9)19-7-12(16)17/h2-5,8H,6-7H2,1H3,(H,14,15)(H,16,17). The summed E-state index contributed by atoms with van der Waals surface area (Å²) in [6.45, 7) is 1.09. The number of aliphatic carboxylic acids is 2. The number of carbonyl (C=O) groups excluding carboxylic acids is 1. The summed E-state index contributed by atoms with van der Waals surface area (Å²) in [5, 5.41) is 17.1. The van der Waals surface area contributed by atoms with E-state index in [1.165, 1.54) is 24.3 Å². The zero-order valence-corrected chi connectivity index (χ0v) is 10.3. The molecule has 1 atom stereocenters. The first-order valence-corrected chi connectivity index (χ1v) is 5.61. The van der Waals surface area contributed by atoms with Crippen molar-refractivity contribution < 1.29 is 29.3 Å².